The Balaban J connectivity index is 1.06. The van der Waals surface area contributed by atoms with Crippen molar-refractivity contribution >= 4 is 23.8 Å². The number of carbonyl (C=O) groups is 2. The van der Waals surface area contributed by atoms with Crippen molar-refractivity contribution < 1.29 is 33.3 Å². The number of amides is 2. The van der Waals surface area contributed by atoms with E-state index in [0.717, 1.165) is 56.0 Å². The third-order valence-electron chi connectivity index (χ3n) is 9.29. The number of hydrogen-bond donors (Lipinski definition) is 3. The van der Waals surface area contributed by atoms with E-state index in [1.807, 2.05) is 133 Å². The molecule has 1 aromatic heterocycles. The van der Waals surface area contributed by atoms with E-state index in [2.05, 4.69) is 10.6 Å². The molecule has 1 aliphatic heterocycles. The molecule has 0 spiro atoms. The van der Waals surface area contributed by atoms with Crippen molar-refractivity contribution in [3.05, 3.63) is 156 Å². The van der Waals surface area contributed by atoms with Crippen molar-refractivity contribution in [1.29, 1.82) is 0 Å². The van der Waals surface area contributed by atoms with Crippen LogP contribution in [-0.4, -0.2) is 47.1 Å². The van der Waals surface area contributed by atoms with Crippen LogP contribution in [0, 0.1) is 0 Å². The number of thioether (sulfide) groups is 1. The molecule has 6 aromatic rings. The smallest absolute Gasteiger partial charge is 0.325 e. The van der Waals surface area contributed by atoms with Crippen LogP contribution in [0.2, 0.25) is 0 Å². The van der Waals surface area contributed by atoms with Gasteiger partial charge in [-0.25, -0.2) is 9.78 Å². The first-order valence-corrected chi connectivity index (χ1v) is 19.6. The molecule has 10 nitrogen and oxygen atoms in total. The summed E-state index contributed by atoms with van der Waals surface area (Å²) < 4.78 is 24.5. The van der Waals surface area contributed by atoms with Crippen molar-refractivity contribution in [2.24, 2.45) is 0 Å². The van der Waals surface area contributed by atoms with Crippen molar-refractivity contribution in [3.63, 3.8) is 0 Å². The number of oxazole rings is 1. The summed E-state index contributed by atoms with van der Waals surface area (Å²) in [5.74, 6) is 0.832. The number of nitrogens with one attached hydrogen (secondary N) is 2. The fourth-order valence-corrected chi connectivity index (χ4v) is 7.27. The standard InChI is InChI=1S/C45H43N3O7S/c1-2-52-40(50)27-47-44(51)46-26-31-10-9-15-37(24-31)32-20-22-36(23-21-32)43-53-38(25-39(54-43)33-18-16-30(28-49)17-19-33)29-56-45-48-41(34-11-5-3-6-12-34)42(55-45)35-13-7-4-8-14-35/h3-24,38-39,43,49H,2,25-29H2,1H3,(H2,46,47,51)/t38-,39+,43+/m1/s1. The van der Waals surface area contributed by atoms with E-state index in [1.165, 1.54) is 11.8 Å². The minimum atomic E-state index is -0.626. The van der Waals surface area contributed by atoms with E-state index >= 15 is 0 Å². The van der Waals surface area contributed by atoms with E-state index in [-0.39, 0.29) is 32.0 Å². The van der Waals surface area contributed by atoms with Crippen molar-refractivity contribution in [3.8, 4) is 33.7 Å². The van der Waals surface area contributed by atoms with Gasteiger partial charge in [0.25, 0.3) is 5.22 Å². The van der Waals surface area contributed by atoms with Crippen molar-refractivity contribution in [1.82, 2.24) is 15.6 Å². The number of aliphatic hydroxyl groups excluding tert-OH is 1. The van der Waals surface area contributed by atoms with Crippen LogP contribution in [0.5, 0.6) is 0 Å². The third kappa shape index (κ3) is 9.92. The SMILES string of the molecule is CCOC(=O)CNC(=O)NCc1cccc(-c2ccc([C@H]3O[C@@H](CSc4nc(-c5ccccc5)c(-c5ccccc5)o4)C[C@@H](c4ccc(CO)cc4)O3)cc2)c1. The Hall–Kier alpha value is -5.72. The molecule has 5 aromatic carbocycles. The lowest BCUT2D eigenvalue weighted by atomic mass is 9.99. The maximum absolute atomic E-state index is 12.2. The molecule has 1 aliphatic rings. The molecule has 0 radical (unpaired) electrons. The van der Waals surface area contributed by atoms with E-state index in [9.17, 15) is 14.7 Å². The fourth-order valence-electron chi connectivity index (χ4n) is 6.43. The monoisotopic (exact) mass is 769 g/mol. The summed E-state index contributed by atoms with van der Waals surface area (Å²) >= 11 is 1.52. The third-order valence-corrected chi connectivity index (χ3v) is 10.3. The molecular formula is C45H43N3O7S. The second kappa shape index (κ2) is 18.7. The van der Waals surface area contributed by atoms with Gasteiger partial charge in [-0.05, 0) is 40.8 Å². The first-order chi connectivity index (χ1) is 27.4. The predicted octanol–water partition coefficient (Wildman–Crippen LogP) is 8.87. The van der Waals surface area contributed by atoms with Crippen LogP contribution in [-0.2, 0) is 32.2 Å². The quantitative estimate of drug-likeness (QED) is 0.0734. The summed E-state index contributed by atoms with van der Waals surface area (Å²) in [6.45, 7) is 2.05. The second-order valence-electron chi connectivity index (χ2n) is 13.2. The number of rotatable bonds is 14. The van der Waals surface area contributed by atoms with Gasteiger partial charge < -0.3 is 34.4 Å². The number of carbonyl (C=O) groups excluding carboxylic acids is 2. The zero-order valence-electron chi connectivity index (χ0n) is 30.9. The summed E-state index contributed by atoms with van der Waals surface area (Å²) in [7, 11) is 0. The van der Waals surface area contributed by atoms with Crippen LogP contribution in [0.15, 0.2) is 143 Å². The minimum absolute atomic E-state index is 0.0267. The van der Waals surface area contributed by atoms with Crippen LogP contribution < -0.4 is 10.6 Å². The van der Waals surface area contributed by atoms with E-state index in [0.29, 0.717) is 23.9 Å². The van der Waals surface area contributed by atoms with Crippen LogP contribution >= 0.6 is 11.8 Å². The maximum Gasteiger partial charge on any atom is 0.325 e. The Bertz CT molecular complexity index is 2140. The van der Waals surface area contributed by atoms with Gasteiger partial charge in [-0.2, -0.15) is 0 Å². The molecule has 0 unspecified atom stereocenters. The number of ether oxygens (including phenoxy) is 3. The van der Waals surface area contributed by atoms with Crippen molar-refractivity contribution in [2.45, 2.75) is 50.2 Å². The Morgan fingerprint density at radius 3 is 2.18 bits per heavy atom. The van der Waals surface area contributed by atoms with Crippen LogP contribution in [0.1, 0.15) is 48.0 Å². The highest BCUT2D eigenvalue weighted by Gasteiger charge is 2.33. The molecule has 11 heteroatoms. The van der Waals surface area contributed by atoms with Crippen LogP contribution in [0.3, 0.4) is 0 Å². The lowest BCUT2D eigenvalue weighted by Gasteiger charge is -2.36. The van der Waals surface area contributed by atoms with Gasteiger partial charge in [0.05, 0.1) is 25.4 Å². The fraction of sp³-hybridized carbons (Fsp3) is 0.222. The van der Waals surface area contributed by atoms with Crippen molar-refractivity contribution in [2.75, 3.05) is 18.9 Å². The second-order valence-corrected chi connectivity index (χ2v) is 14.2. The van der Waals surface area contributed by atoms with Gasteiger partial charge in [-0.3, -0.25) is 4.79 Å². The molecule has 286 valence electrons. The number of nitrogens with zero attached hydrogens (tertiary/aromatic N) is 1. The average Bonchev–Trinajstić information content (AvgIpc) is 3.69. The maximum atomic E-state index is 12.2. The highest BCUT2D eigenvalue weighted by molar-refractivity contribution is 7.99. The number of aromatic nitrogens is 1. The molecule has 56 heavy (non-hydrogen) atoms. The first kappa shape index (κ1) is 38.6. The lowest BCUT2D eigenvalue weighted by Crippen LogP contribution is -2.38. The van der Waals surface area contributed by atoms with Crippen LogP contribution in [0.4, 0.5) is 4.79 Å². The Labute approximate surface area is 330 Å². The number of benzene rings is 5. The normalized spacial score (nSPS) is 16.6. The largest absolute Gasteiger partial charge is 0.465 e. The summed E-state index contributed by atoms with van der Waals surface area (Å²) in [4.78, 5) is 28.7. The van der Waals surface area contributed by atoms with E-state index in [1.54, 1.807) is 6.92 Å². The molecule has 1 saturated heterocycles. The molecule has 1 fully saturated rings. The highest BCUT2D eigenvalue weighted by Crippen LogP contribution is 2.41. The van der Waals surface area contributed by atoms with Gasteiger partial charge in [0.2, 0.25) is 0 Å². The minimum Gasteiger partial charge on any atom is -0.465 e. The Kier molecular flexibility index (Phi) is 12.9. The van der Waals surface area contributed by atoms with E-state index in [4.69, 9.17) is 23.6 Å². The molecule has 0 saturated carbocycles. The first-order valence-electron chi connectivity index (χ1n) is 18.6. The Morgan fingerprint density at radius 1 is 0.768 bits per heavy atom. The van der Waals surface area contributed by atoms with Gasteiger partial charge in [0.15, 0.2) is 12.1 Å². The van der Waals surface area contributed by atoms with Gasteiger partial charge >= 0.3 is 12.0 Å². The van der Waals surface area contributed by atoms with Gasteiger partial charge in [0.1, 0.15) is 12.2 Å². The number of urea groups is 1. The number of aliphatic hydroxyl groups is 1. The molecule has 0 aliphatic carbocycles. The van der Waals surface area contributed by atoms with Gasteiger partial charge in [-0.15, -0.1) is 0 Å². The number of hydrogen-bond acceptors (Lipinski definition) is 9. The summed E-state index contributed by atoms with van der Waals surface area (Å²) in [6, 6.07) is 43.5. The van der Waals surface area contributed by atoms with E-state index < -0.39 is 18.3 Å². The van der Waals surface area contributed by atoms with Crippen LogP contribution in [0.25, 0.3) is 33.7 Å². The van der Waals surface area contributed by atoms with Gasteiger partial charge in [-0.1, -0.05) is 139 Å². The molecule has 0 bridgehead atoms. The zero-order chi connectivity index (χ0) is 38.7. The predicted molar refractivity (Wildman–Crippen MR) is 215 cm³/mol. The zero-order valence-corrected chi connectivity index (χ0v) is 31.7. The average molecular weight is 770 g/mol. The Morgan fingerprint density at radius 2 is 1.46 bits per heavy atom. The molecule has 2 amide bonds. The molecule has 2 heterocycles. The number of esters is 1. The molecular weight excluding hydrogens is 727 g/mol. The topological polar surface area (TPSA) is 132 Å². The lowest BCUT2D eigenvalue weighted by molar-refractivity contribution is -0.245. The summed E-state index contributed by atoms with van der Waals surface area (Å²) in [5, 5.41) is 15.5. The molecule has 3 N–H and O–H groups in total. The highest BCUT2D eigenvalue weighted by atomic mass is 32.2. The van der Waals surface area contributed by atoms with Gasteiger partial charge in [0, 0.05) is 35.4 Å². The summed E-state index contributed by atoms with van der Waals surface area (Å²) in [6.07, 6.45) is -0.431. The molecule has 3 atom stereocenters. The molecule has 7 rings (SSSR count). The summed E-state index contributed by atoms with van der Waals surface area (Å²) in [5.41, 5.74) is 8.36.